The van der Waals surface area contributed by atoms with E-state index in [1.165, 1.54) is 5.56 Å². The van der Waals surface area contributed by atoms with E-state index >= 15 is 0 Å². The van der Waals surface area contributed by atoms with Crippen molar-refractivity contribution in [1.29, 1.82) is 0 Å². The molecule has 3 rings (SSSR count). The van der Waals surface area contributed by atoms with Crippen LogP contribution in [0.25, 0.3) is 11.8 Å². The summed E-state index contributed by atoms with van der Waals surface area (Å²) in [6, 6.07) is 14.5. The Labute approximate surface area is 136 Å². The van der Waals surface area contributed by atoms with Crippen LogP contribution in [0.2, 0.25) is 0 Å². The highest BCUT2D eigenvalue weighted by molar-refractivity contribution is 5.63. The van der Waals surface area contributed by atoms with Crippen LogP contribution in [0.15, 0.2) is 61.4 Å². The Morgan fingerprint density at radius 3 is 2.61 bits per heavy atom. The zero-order valence-electron chi connectivity index (χ0n) is 13.5. The molecule has 4 heteroatoms. The molecule has 0 aliphatic rings. The van der Waals surface area contributed by atoms with Gasteiger partial charge in [-0.3, -0.25) is 4.98 Å². The Morgan fingerprint density at radius 1 is 1.17 bits per heavy atom. The third-order valence-electron chi connectivity index (χ3n) is 3.77. The number of hydrogen-bond donors (Lipinski definition) is 0. The maximum atomic E-state index is 4.53. The quantitative estimate of drug-likeness (QED) is 0.718. The molecule has 0 amide bonds. The number of nitrogens with zero attached hydrogens (tertiary/aromatic N) is 4. The smallest absolute Gasteiger partial charge is 0.0860 e. The van der Waals surface area contributed by atoms with Crippen molar-refractivity contribution in [3.05, 3.63) is 78.4 Å². The summed E-state index contributed by atoms with van der Waals surface area (Å²) in [6.45, 7) is 6.66. The molecule has 0 unspecified atom stereocenters. The summed E-state index contributed by atoms with van der Waals surface area (Å²) in [6.07, 6.45) is 5.53. The van der Waals surface area contributed by atoms with E-state index in [0.29, 0.717) is 0 Å². The number of benzene rings is 1. The predicted molar refractivity (Wildman–Crippen MR) is 94.7 cm³/mol. The summed E-state index contributed by atoms with van der Waals surface area (Å²) >= 11 is 0. The number of pyridine rings is 1. The van der Waals surface area contributed by atoms with Gasteiger partial charge in [-0.1, -0.05) is 18.7 Å². The molecule has 0 saturated heterocycles. The minimum absolute atomic E-state index is 0.810. The molecule has 0 bridgehead atoms. The zero-order chi connectivity index (χ0) is 16.2. The Balaban J connectivity index is 1.78. The molecule has 4 nitrogen and oxygen atoms in total. The van der Waals surface area contributed by atoms with Crippen molar-refractivity contribution >= 4 is 11.8 Å². The summed E-state index contributed by atoms with van der Waals surface area (Å²) in [5.41, 5.74) is 5.30. The number of aryl methyl sites for hydroxylation is 1. The standard InChI is InChI=1S/C19H20N4/c1-4-18-19(11-6-15(2)21-18)22(3)14-16-7-9-17(10-8-16)23-13-5-12-20-23/h4-13H,1,14H2,2-3H3. The molecule has 1 aromatic carbocycles. The van der Waals surface area contributed by atoms with E-state index in [9.17, 15) is 0 Å². The largest absolute Gasteiger partial charge is 0.369 e. The van der Waals surface area contributed by atoms with E-state index in [-0.39, 0.29) is 0 Å². The lowest BCUT2D eigenvalue weighted by Gasteiger charge is -2.21. The highest BCUT2D eigenvalue weighted by Gasteiger charge is 2.08. The summed E-state index contributed by atoms with van der Waals surface area (Å²) in [4.78, 5) is 6.72. The second-order valence-corrected chi connectivity index (χ2v) is 5.53. The fourth-order valence-corrected chi connectivity index (χ4v) is 2.58. The molecule has 0 radical (unpaired) electrons. The van der Waals surface area contributed by atoms with Crippen molar-refractivity contribution in [2.75, 3.05) is 11.9 Å². The number of rotatable bonds is 5. The Morgan fingerprint density at radius 2 is 1.96 bits per heavy atom. The molecule has 0 spiro atoms. The summed E-state index contributed by atoms with van der Waals surface area (Å²) in [7, 11) is 2.07. The Kier molecular flexibility index (Phi) is 4.24. The van der Waals surface area contributed by atoms with Crippen molar-refractivity contribution in [1.82, 2.24) is 14.8 Å². The van der Waals surface area contributed by atoms with Crippen LogP contribution in [-0.2, 0) is 6.54 Å². The van der Waals surface area contributed by atoms with Crippen LogP contribution >= 0.6 is 0 Å². The third-order valence-corrected chi connectivity index (χ3v) is 3.77. The molecule has 2 aromatic heterocycles. The monoisotopic (exact) mass is 304 g/mol. The Bertz CT molecular complexity index is 789. The van der Waals surface area contributed by atoms with Crippen LogP contribution in [0.5, 0.6) is 0 Å². The van der Waals surface area contributed by atoms with Crippen LogP contribution in [0.3, 0.4) is 0 Å². The van der Waals surface area contributed by atoms with Crippen LogP contribution < -0.4 is 4.90 Å². The van der Waals surface area contributed by atoms with E-state index in [4.69, 9.17) is 0 Å². The van der Waals surface area contributed by atoms with Gasteiger partial charge >= 0.3 is 0 Å². The lowest BCUT2D eigenvalue weighted by atomic mass is 10.1. The fraction of sp³-hybridized carbons (Fsp3) is 0.158. The van der Waals surface area contributed by atoms with Gasteiger partial charge < -0.3 is 4.90 Å². The van der Waals surface area contributed by atoms with E-state index < -0.39 is 0 Å². The first-order valence-electron chi connectivity index (χ1n) is 7.57. The lowest BCUT2D eigenvalue weighted by molar-refractivity contribution is 0.874. The minimum Gasteiger partial charge on any atom is -0.369 e. The number of aromatic nitrogens is 3. The molecule has 23 heavy (non-hydrogen) atoms. The number of anilines is 1. The van der Waals surface area contributed by atoms with Gasteiger partial charge in [0.1, 0.15) is 0 Å². The second kappa shape index (κ2) is 6.48. The van der Waals surface area contributed by atoms with Gasteiger partial charge in [-0.25, -0.2) is 4.68 Å². The van der Waals surface area contributed by atoms with Crippen LogP contribution in [-0.4, -0.2) is 21.8 Å². The van der Waals surface area contributed by atoms with Gasteiger partial charge in [0.05, 0.1) is 17.1 Å². The van der Waals surface area contributed by atoms with Crippen molar-refractivity contribution in [2.24, 2.45) is 0 Å². The molecule has 3 aromatic rings. The van der Waals surface area contributed by atoms with Crippen molar-refractivity contribution in [2.45, 2.75) is 13.5 Å². The van der Waals surface area contributed by atoms with Gasteiger partial charge in [-0.15, -0.1) is 0 Å². The molecule has 0 aliphatic carbocycles. The van der Waals surface area contributed by atoms with E-state index in [0.717, 1.165) is 29.3 Å². The summed E-state index contributed by atoms with van der Waals surface area (Å²) in [5, 5.41) is 4.24. The molecule has 0 fully saturated rings. The molecule has 0 atom stereocenters. The highest BCUT2D eigenvalue weighted by atomic mass is 15.3. The van der Waals surface area contributed by atoms with Gasteiger partial charge in [-0.2, -0.15) is 5.10 Å². The van der Waals surface area contributed by atoms with Crippen LogP contribution in [0, 0.1) is 6.92 Å². The van der Waals surface area contributed by atoms with Crippen LogP contribution in [0.1, 0.15) is 17.0 Å². The first kappa shape index (κ1) is 15.0. The van der Waals surface area contributed by atoms with Crippen molar-refractivity contribution < 1.29 is 0 Å². The lowest BCUT2D eigenvalue weighted by Crippen LogP contribution is -2.18. The van der Waals surface area contributed by atoms with Gasteiger partial charge in [0.15, 0.2) is 0 Å². The maximum Gasteiger partial charge on any atom is 0.0860 e. The Hall–Kier alpha value is -2.88. The van der Waals surface area contributed by atoms with Crippen molar-refractivity contribution in [3.8, 4) is 5.69 Å². The van der Waals surface area contributed by atoms with E-state index in [1.54, 1.807) is 12.3 Å². The predicted octanol–water partition coefficient (Wildman–Crippen LogP) is 3.86. The molecule has 0 saturated carbocycles. The molecule has 0 aliphatic heterocycles. The average Bonchev–Trinajstić information content (AvgIpc) is 3.09. The normalized spacial score (nSPS) is 10.5. The highest BCUT2D eigenvalue weighted by Crippen LogP contribution is 2.21. The van der Waals surface area contributed by atoms with Gasteiger partial charge in [0.25, 0.3) is 0 Å². The topological polar surface area (TPSA) is 34.0 Å². The number of hydrogen-bond acceptors (Lipinski definition) is 3. The third kappa shape index (κ3) is 3.31. The van der Waals surface area contributed by atoms with Crippen molar-refractivity contribution in [3.63, 3.8) is 0 Å². The zero-order valence-corrected chi connectivity index (χ0v) is 13.5. The summed E-state index contributed by atoms with van der Waals surface area (Å²) < 4.78 is 1.85. The summed E-state index contributed by atoms with van der Waals surface area (Å²) in [5.74, 6) is 0. The van der Waals surface area contributed by atoms with E-state index in [1.807, 2.05) is 29.9 Å². The average molecular weight is 304 g/mol. The molecule has 116 valence electrons. The first-order chi connectivity index (χ1) is 11.2. The van der Waals surface area contributed by atoms with Crippen LogP contribution in [0.4, 0.5) is 5.69 Å². The molecular weight excluding hydrogens is 284 g/mol. The van der Waals surface area contributed by atoms with Gasteiger partial charge in [0.2, 0.25) is 0 Å². The van der Waals surface area contributed by atoms with Gasteiger partial charge in [-0.05, 0) is 48.9 Å². The molecular formula is C19H20N4. The van der Waals surface area contributed by atoms with Gasteiger partial charge in [0, 0.05) is 31.7 Å². The molecule has 0 N–H and O–H groups in total. The van der Waals surface area contributed by atoms with E-state index in [2.05, 4.69) is 58.9 Å². The second-order valence-electron chi connectivity index (χ2n) is 5.53. The minimum atomic E-state index is 0.810. The SMILES string of the molecule is C=Cc1nc(C)ccc1N(C)Cc1ccc(-n2cccn2)cc1. The molecule has 2 heterocycles. The maximum absolute atomic E-state index is 4.53. The fourth-order valence-electron chi connectivity index (χ4n) is 2.58. The first-order valence-corrected chi connectivity index (χ1v) is 7.57.